The number of anilines is 1. The number of benzene rings is 2. The Labute approximate surface area is 139 Å². The molecular formula is C17H15Cl2NO2. The summed E-state index contributed by atoms with van der Waals surface area (Å²) in [6, 6.07) is 13.0. The van der Waals surface area contributed by atoms with Gasteiger partial charge in [0.15, 0.2) is 6.61 Å². The maximum absolute atomic E-state index is 12.5. The number of hydrogen-bond donors (Lipinski definition) is 0. The van der Waals surface area contributed by atoms with Crippen molar-refractivity contribution in [2.45, 2.75) is 19.4 Å². The van der Waals surface area contributed by atoms with Crippen LogP contribution in [0.15, 0.2) is 42.5 Å². The van der Waals surface area contributed by atoms with Crippen LogP contribution in [0.25, 0.3) is 0 Å². The monoisotopic (exact) mass is 335 g/mol. The quantitative estimate of drug-likeness (QED) is 0.834. The molecule has 0 radical (unpaired) electrons. The van der Waals surface area contributed by atoms with Crippen molar-refractivity contribution < 1.29 is 9.53 Å². The van der Waals surface area contributed by atoms with Gasteiger partial charge in [-0.05, 0) is 43.2 Å². The van der Waals surface area contributed by atoms with E-state index in [0.29, 0.717) is 15.8 Å². The number of fused-ring (bicyclic) bond motifs is 1. The van der Waals surface area contributed by atoms with Gasteiger partial charge < -0.3 is 9.64 Å². The maximum atomic E-state index is 12.5. The molecule has 114 valence electrons. The molecule has 0 saturated carbocycles. The van der Waals surface area contributed by atoms with Gasteiger partial charge in [-0.1, -0.05) is 41.4 Å². The van der Waals surface area contributed by atoms with Crippen LogP contribution in [0.4, 0.5) is 5.69 Å². The van der Waals surface area contributed by atoms with Crippen molar-refractivity contribution in [1.29, 1.82) is 0 Å². The summed E-state index contributed by atoms with van der Waals surface area (Å²) in [6.45, 7) is 1.98. The number of carbonyl (C=O) groups is 1. The van der Waals surface area contributed by atoms with Gasteiger partial charge in [-0.3, -0.25) is 4.79 Å². The zero-order chi connectivity index (χ0) is 15.7. The van der Waals surface area contributed by atoms with E-state index < -0.39 is 0 Å². The molecule has 0 N–H and O–H groups in total. The van der Waals surface area contributed by atoms with Crippen molar-refractivity contribution in [3.63, 3.8) is 0 Å². The molecule has 1 unspecified atom stereocenters. The van der Waals surface area contributed by atoms with Crippen molar-refractivity contribution in [2.24, 2.45) is 0 Å². The minimum Gasteiger partial charge on any atom is -0.482 e. The number of para-hydroxylation sites is 1. The third-order valence-corrected chi connectivity index (χ3v) is 4.25. The van der Waals surface area contributed by atoms with Crippen molar-refractivity contribution in [2.75, 3.05) is 11.5 Å². The first kappa shape index (κ1) is 15.2. The van der Waals surface area contributed by atoms with Gasteiger partial charge in [-0.2, -0.15) is 0 Å². The third kappa shape index (κ3) is 2.92. The van der Waals surface area contributed by atoms with Gasteiger partial charge in [0.2, 0.25) is 0 Å². The summed E-state index contributed by atoms with van der Waals surface area (Å²) < 4.78 is 5.55. The average molecular weight is 336 g/mol. The van der Waals surface area contributed by atoms with E-state index in [9.17, 15) is 4.79 Å². The van der Waals surface area contributed by atoms with Crippen LogP contribution in [0.5, 0.6) is 5.75 Å². The Kier molecular flexibility index (Phi) is 4.27. The van der Waals surface area contributed by atoms with Crippen LogP contribution in [-0.4, -0.2) is 18.6 Å². The summed E-state index contributed by atoms with van der Waals surface area (Å²) in [4.78, 5) is 14.3. The summed E-state index contributed by atoms with van der Waals surface area (Å²) in [5, 5.41) is 0.931. The van der Waals surface area contributed by atoms with E-state index in [0.717, 1.165) is 12.1 Å². The van der Waals surface area contributed by atoms with Crippen LogP contribution in [0, 0.1) is 0 Å². The Morgan fingerprint density at radius 3 is 2.82 bits per heavy atom. The first-order valence-electron chi connectivity index (χ1n) is 7.04. The summed E-state index contributed by atoms with van der Waals surface area (Å²) in [5.74, 6) is 0.378. The van der Waals surface area contributed by atoms with Crippen molar-refractivity contribution >= 4 is 34.8 Å². The summed E-state index contributed by atoms with van der Waals surface area (Å²) >= 11 is 11.9. The Bertz CT molecular complexity index is 718. The smallest absolute Gasteiger partial charge is 0.265 e. The maximum Gasteiger partial charge on any atom is 0.265 e. The fraction of sp³-hybridized carbons (Fsp3) is 0.235. The molecule has 1 amide bonds. The highest BCUT2D eigenvalue weighted by molar-refractivity contribution is 6.35. The Morgan fingerprint density at radius 2 is 2.05 bits per heavy atom. The average Bonchev–Trinajstić information content (AvgIpc) is 2.82. The van der Waals surface area contributed by atoms with Crippen LogP contribution in [0.3, 0.4) is 0 Å². The lowest BCUT2D eigenvalue weighted by Gasteiger charge is -2.22. The SMILES string of the molecule is CC1Cc2ccccc2N1C(=O)COc1ccc(Cl)cc1Cl. The van der Waals surface area contributed by atoms with E-state index in [-0.39, 0.29) is 18.6 Å². The van der Waals surface area contributed by atoms with Crippen molar-refractivity contribution in [1.82, 2.24) is 0 Å². The minimum atomic E-state index is -0.0801. The number of amides is 1. The molecular weight excluding hydrogens is 321 g/mol. The minimum absolute atomic E-state index is 0.0555. The first-order chi connectivity index (χ1) is 10.6. The molecule has 1 aliphatic rings. The van der Waals surface area contributed by atoms with Crippen LogP contribution >= 0.6 is 23.2 Å². The highest BCUT2D eigenvalue weighted by Gasteiger charge is 2.30. The molecule has 1 aliphatic heterocycles. The zero-order valence-electron chi connectivity index (χ0n) is 12.1. The van der Waals surface area contributed by atoms with Crippen molar-refractivity contribution in [3.8, 4) is 5.75 Å². The highest BCUT2D eigenvalue weighted by Crippen LogP contribution is 2.32. The lowest BCUT2D eigenvalue weighted by atomic mass is 10.1. The van der Waals surface area contributed by atoms with E-state index in [1.165, 1.54) is 5.56 Å². The van der Waals surface area contributed by atoms with Gasteiger partial charge in [0.1, 0.15) is 5.75 Å². The molecule has 1 heterocycles. The standard InChI is InChI=1S/C17H15Cl2NO2/c1-11-8-12-4-2-3-5-15(12)20(11)17(21)10-22-16-7-6-13(18)9-14(16)19/h2-7,9,11H,8,10H2,1H3. The number of ether oxygens (including phenoxy) is 1. The van der Waals surface area contributed by atoms with Crippen molar-refractivity contribution in [3.05, 3.63) is 58.1 Å². The Balaban J connectivity index is 1.72. The van der Waals surface area contributed by atoms with Gasteiger partial charge in [-0.25, -0.2) is 0 Å². The number of carbonyl (C=O) groups excluding carboxylic acids is 1. The molecule has 0 spiro atoms. The molecule has 2 aromatic rings. The van der Waals surface area contributed by atoms with Crippen LogP contribution in [0.2, 0.25) is 10.0 Å². The topological polar surface area (TPSA) is 29.5 Å². The number of nitrogens with zero attached hydrogens (tertiary/aromatic N) is 1. The molecule has 0 saturated heterocycles. The molecule has 0 fully saturated rings. The van der Waals surface area contributed by atoms with Crippen LogP contribution in [-0.2, 0) is 11.2 Å². The summed E-state index contributed by atoms with van der Waals surface area (Å²) in [7, 11) is 0. The number of hydrogen-bond acceptors (Lipinski definition) is 2. The molecule has 3 rings (SSSR count). The van der Waals surface area contributed by atoms with E-state index in [2.05, 4.69) is 6.07 Å². The van der Waals surface area contributed by atoms with E-state index >= 15 is 0 Å². The largest absolute Gasteiger partial charge is 0.482 e. The molecule has 0 aromatic heterocycles. The number of halogens is 2. The van der Waals surface area contributed by atoms with Crippen LogP contribution < -0.4 is 9.64 Å². The van der Waals surface area contributed by atoms with Gasteiger partial charge in [0, 0.05) is 16.8 Å². The lowest BCUT2D eigenvalue weighted by Crippen LogP contribution is -2.39. The zero-order valence-corrected chi connectivity index (χ0v) is 13.6. The van der Waals surface area contributed by atoms with Crippen LogP contribution in [0.1, 0.15) is 12.5 Å². The number of rotatable bonds is 3. The molecule has 1 atom stereocenters. The molecule has 2 aromatic carbocycles. The van der Waals surface area contributed by atoms with Gasteiger partial charge in [0.05, 0.1) is 5.02 Å². The predicted octanol–water partition coefficient (Wildman–Crippen LogP) is 4.35. The fourth-order valence-corrected chi connectivity index (χ4v) is 3.21. The molecule has 0 bridgehead atoms. The summed E-state index contributed by atoms with van der Waals surface area (Å²) in [5.41, 5.74) is 2.15. The normalized spacial score (nSPS) is 16.5. The van der Waals surface area contributed by atoms with Gasteiger partial charge in [-0.15, -0.1) is 0 Å². The Hall–Kier alpha value is -1.71. The molecule has 5 heteroatoms. The first-order valence-corrected chi connectivity index (χ1v) is 7.79. The molecule has 3 nitrogen and oxygen atoms in total. The highest BCUT2D eigenvalue weighted by atomic mass is 35.5. The van der Waals surface area contributed by atoms with E-state index in [1.807, 2.05) is 25.1 Å². The summed E-state index contributed by atoms with van der Waals surface area (Å²) in [6.07, 6.45) is 0.865. The second-order valence-electron chi connectivity index (χ2n) is 5.31. The van der Waals surface area contributed by atoms with Gasteiger partial charge in [0.25, 0.3) is 5.91 Å². The fourth-order valence-electron chi connectivity index (χ4n) is 2.75. The lowest BCUT2D eigenvalue weighted by molar-refractivity contribution is -0.120. The second-order valence-corrected chi connectivity index (χ2v) is 6.15. The molecule has 22 heavy (non-hydrogen) atoms. The second kappa shape index (κ2) is 6.19. The predicted molar refractivity (Wildman–Crippen MR) is 89.1 cm³/mol. The van der Waals surface area contributed by atoms with Gasteiger partial charge >= 0.3 is 0 Å². The third-order valence-electron chi connectivity index (χ3n) is 3.72. The Morgan fingerprint density at radius 1 is 1.27 bits per heavy atom. The van der Waals surface area contributed by atoms with E-state index in [4.69, 9.17) is 27.9 Å². The molecule has 0 aliphatic carbocycles. The van der Waals surface area contributed by atoms with E-state index in [1.54, 1.807) is 23.1 Å².